The van der Waals surface area contributed by atoms with Crippen LogP contribution in [0.4, 0.5) is 10.1 Å². The van der Waals surface area contributed by atoms with E-state index in [9.17, 15) is 4.39 Å². The molecule has 0 aliphatic rings. The van der Waals surface area contributed by atoms with Crippen molar-refractivity contribution < 1.29 is 4.39 Å². The van der Waals surface area contributed by atoms with Gasteiger partial charge in [-0.1, -0.05) is 19.4 Å². The third-order valence-electron chi connectivity index (χ3n) is 2.67. The second-order valence-electron chi connectivity index (χ2n) is 4.07. The molecule has 2 nitrogen and oxygen atoms in total. The first-order chi connectivity index (χ1) is 8.20. The molecule has 0 saturated carbocycles. The highest BCUT2D eigenvalue weighted by Crippen LogP contribution is 2.23. The summed E-state index contributed by atoms with van der Waals surface area (Å²) >= 11 is 0. The van der Waals surface area contributed by atoms with Crippen molar-refractivity contribution in [3.63, 3.8) is 0 Å². The van der Waals surface area contributed by atoms with Gasteiger partial charge in [0, 0.05) is 18.0 Å². The largest absolute Gasteiger partial charge is 0.396 e. The Labute approximate surface area is 100 Å². The van der Waals surface area contributed by atoms with Gasteiger partial charge in [0.2, 0.25) is 0 Å². The average Bonchev–Trinajstić information content (AvgIpc) is 2.33. The monoisotopic (exact) mass is 230 g/mol. The number of aryl methyl sites for hydroxylation is 1. The fraction of sp³-hybridized carbons (Fsp3) is 0.214. The molecule has 17 heavy (non-hydrogen) atoms. The minimum Gasteiger partial charge on any atom is -0.396 e. The van der Waals surface area contributed by atoms with Gasteiger partial charge < -0.3 is 5.73 Å². The van der Waals surface area contributed by atoms with E-state index in [1.807, 2.05) is 18.3 Å². The van der Waals surface area contributed by atoms with Crippen LogP contribution in [-0.4, -0.2) is 4.98 Å². The van der Waals surface area contributed by atoms with Gasteiger partial charge in [-0.3, -0.25) is 4.98 Å². The molecule has 0 amide bonds. The average molecular weight is 230 g/mol. The van der Waals surface area contributed by atoms with Crippen LogP contribution in [0.5, 0.6) is 0 Å². The Balaban J connectivity index is 2.38. The van der Waals surface area contributed by atoms with Crippen molar-refractivity contribution in [1.29, 1.82) is 0 Å². The predicted octanol–water partition coefficient (Wildman–Crippen LogP) is 3.42. The van der Waals surface area contributed by atoms with Crippen LogP contribution in [0.25, 0.3) is 11.1 Å². The molecule has 2 aromatic rings. The number of nitrogen functional groups attached to an aromatic ring is 1. The van der Waals surface area contributed by atoms with Gasteiger partial charge in [0.1, 0.15) is 5.82 Å². The molecule has 88 valence electrons. The van der Waals surface area contributed by atoms with Crippen molar-refractivity contribution >= 4 is 5.69 Å². The zero-order chi connectivity index (χ0) is 12.3. The second-order valence-corrected chi connectivity index (χ2v) is 4.07. The van der Waals surface area contributed by atoms with Gasteiger partial charge in [0.25, 0.3) is 0 Å². The van der Waals surface area contributed by atoms with Crippen LogP contribution in [0.1, 0.15) is 18.9 Å². The maximum Gasteiger partial charge on any atom is 0.146 e. The molecule has 0 radical (unpaired) electrons. The van der Waals surface area contributed by atoms with Gasteiger partial charge in [-0.2, -0.15) is 0 Å². The summed E-state index contributed by atoms with van der Waals surface area (Å²) in [7, 11) is 0. The van der Waals surface area contributed by atoms with E-state index in [4.69, 9.17) is 5.73 Å². The zero-order valence-electron chi connectivity index (χ0n) is 9.78. The number of halogens is 1. The van der Waals surface area contributed by atoms with Crippen LogP contribution >= 0.6 is 0 Å². The number of aromatic nitrogens is 1. The summed E-state index contributed by atoms with van der Waals surface area (Å²) in [5, 5.41) is 0. The predicted molar refractivity (Wildman–Crippen MR) is 68.0 cm³/mol. The quantitative estimate of drug-likeness (QED) is 0.820. The highest BCUT2D eigenvalue weighted by molar-refractivity contribution is 5.65. The lowest BCUT2D eigenvalue weighted by Crippen LogP contribution is -1.92. The first-order valence-electron chi connectivity index (χ1n) is 5.70. The molecule has 0 saturated heterocycles. The number of rotatable bonds is 3. The molecular weight excluding hydrogens is 215 g/mol. The van der Waals surface area contributed by atoms with E-state index in [-0.39, 0.29) is 11.5 Å². The number of hydrogen-bond acceptors (Lipinski definition) is 2. The molecule has 0 spiro atoms. The molecule has 1 aromatic carbocycles. The van der Waals surface area contributed by atoms with Crippen LogP contribution in [0.3, 0.4) is 0 Å². The topological polar surface area (TPSA) is 38.9 Å². The summed E-state index contributed by atoms with van der Waals surface area (Å²) in [5.74, 6) is -0.386. The fourth-order valence-corrected chi connectivity index (χ4v) is 1.78. The molecular formula is C14H15FN2. The Kier molecular flexibility index (Phi) is 3.38. The van der Waals surface area contributed by atoms with Crippen LogP contribution in [-0.2, 0) is 6.42 Å². The summed E-state index contributed by atoms with van der Waals surface area (Å²) in [6.45, 7) is 2.12. The van der Waals surface area contributed by atoms with Crippen LogP contribution < -0.4 is 5.73 Å². The lowest BCUT2D eigenvalue weighted by molar-refractivity contribution is 0.633. The fourth-order valence-electron chi connectivity index (χ4n) is 1.78. The van der Waals surface area contributed by atoms with Crippen molar-refractivity contribution in [2.45, 2.75) is 19.8 Å². The number of hydrogen-bond donors (Lipinski definition) is 1. The standard InChI is InChI=1S/C14H15FN2/c1-2-3-10-6-12(9-17-8-10)11-4-5-14(16)13(15)7-11/h4-9H,2-3,16H2,1H3. The lowest BCUT2D eigenvalue weighted by Gasteiger charge is -2.05. The summed E-state index contributed by atoms with van der Waals surface area (Å²) in [4.78, 5) is 4.18. The molecule has 3 heteroatoms. The highest BCUT2D eigenvalue weighted by Gasteiger charge is 2.03. The molecule has 0 atom stereocenters. The maximum atomic E-state index is 13.4. The van der Waals surface area contributed by atoms with Gasteiger partial charge in [0.05, 0.1) is 5.69 Å². The second kappa shape index (κ2) is 4.95. The van der Waals surface area contributed by atoms with E-state index in [0.29, 0.717) is 0 Å². The molecule has 0 bridgehead atoms. The van der Waals surface area contributed by atoms with Crippen molar-refractivity contribution in [3.8, 4) is 11.1 Å². The molecule has 2 rings (SSSR count). The third kappa shape index (κ3) is 2.61. The zero-order valence-corrected chi connectivity index (χ0v) is 9.78. The Morgan fingerprint density at radius 1 is 1.18 bits per heavy atom. The SMILES string of the molecule is CCCc1cncc(-c2ccc(N)c(F)c2)c1. The van der Waals surface area contributed by atoms with Crippen molar-refractivity contribution in [2.24, 2.45) is 0 Å². The van der Waals surface area contributed by atoms with Crippen molar-refractivity contribution in [2.75, 3.05) is 5.73 Å². The van der Waals surface area contributed by atoms with Gasteiger partial charge in [0.15, 0.2) is 0 Å². The van der Waals surface area contributed by atoms with Gasteiger partial charge in [-0.15, -0.1) is 0 Å². The Hall–Kier alpha value is -1.90. The minimum absolute atomic E-state index is 0.173. The molecule has 0 aliphatic carbocycles. The number of anilines is 1. The molecule has 0 aliphatic heterocycles. The lowest BCUT2D eigenvalue weighted by atomic mass is 10.0. The third-order valence-corrected chi connectivity index (χ3v) is 2.67. The van der Waals surface area contributed by atoms with Gasteiger partial charge in [-0.05, 0) is 35.7 Å². The smallest absolute Gasteiger partial charge is 0.146 e. The summed E-state index contributed by atoms with van der Waals surface area (Å²) in [5.41, 5.74) is 8.53. The van der Waals surface area contributed by atoms with E-state index >= 15 is 0 Å². The molecule has 0 fully saturated rings. The summed E-state index contributed by atoms with van der Waals surface area (Å²) in [6, 6.07) is 6.88. The van der Waals surface area contributed by atoms with Crippen LogP contribution in [0.2, 0.25) is 0 Å². The first-order valence-corrected chi connectivity index (χ1v) is 5.70. The van der Waals surface area contributed by atoms with Crippen molar-refractivity contribution in [3.05, 3.63) is 48.0 Å². The van der Waals surface area contributed by atoms with Crippen LogP contribution in [0, 0.1) is 5.82 Å². The molecule has 1 heterocycles. The maximum absolute atomic E-state index is 13.4. The number of pyridine rings is 1. The normalized spacial score (nSPS) is 10.5. The van der Waals surface area contributed by atoms with Gasteiger partial charge >= 0.3 is 0 Å². The van der Waals surface area contributed by atoms with E-state index in [2.05, 4.69) is 11.9 Å². The molecule has 1 aromatic heterocycles. The van der Waals surface area contributed by atoms with E-state index in [1.54, 1.807) is 12.3 Å². The molecule has 0 unspecified atom stereocenters. The van der Waals surface area contributed by atoms with Gasteiger partial charge in [-0.25, -0.2) is 4.39 Å². The van der Waals surface area contributed by atoms with Crippen LogP contribution in [0.15, 0.2) is 36.7 Å². The Bertz CT molecular complexity index is 523. The summed E-state index contributed by atoms with van der Waals surface area (Å²) < 4.78 is 13.4. The number of benzene rings is 1. The number of nitrogens with two attached hydrogens (primary N) is 1. The number of nitrogens with zero attached hydrogens (tertiary/aromatic N) is 1. The summed E-state index contributed by atoms with van der Waals surface area (Å²) in [6.07, 6.45) is 5.64. The van der Waals surface area contributed by atoms with Crippen molar-refractivity contribution in [1.82, 2.24) is 4.98 Å². The molecule has 2 N–H and O–H groups in total. The minimum atomic E-state index is -0.386. The first kappa shape index (κ1) is 11.6. The Morgan fingerprint density at radius 2 is 2.00 bits per heavy atom. The van der Waals surface area contributed by atoms with E-state index < -0.39 is 0 Å². The highest BCUT2D eigenvalue weighted by atomic mass is 19.1. The van der Waals surface area contributed by atoms with E-state index in [1.165, 1.54) is 11.6 Å². The Morgan fingerprint density at radius 3 is 2.71 bits per heavy atom. The van der Waals surface area contributed by atoms with E-state index in [0.717, 1.165) is 24.0 Å².